The van der Waals surface area contributed by atoms with Crippen LogP contribution in [-0.2, 0) is 10.0 Å². The summed E-state index contributed by atoms with van der Waals surface area (Å²) in [4.78, 5) is 0.0856. The van der Waals surface area contributed by atoms with Crippen LogP contribution in [0.3, 0.4) is 0 Å². The SMILES string of the molecule is COc1ccc(S(=O)(=O)N2CCC(O)c3cc(Cl)ccc32)cc1OC. The van der Waals surface area contributed by atoms with Gasteiger partial charge in [0.1, 0.15) is 0 Å². The molecular weight excluding hydrogens is 366 g/mol. The molecule has 0 aliphatic carbocycles. The van der Waals surface area contributed by atoms with E-state index in [-0.39, 0.29) is 11.4 Å². The Morgan fingerprint density at radius 3 is 2.52 bits per heavy atom. The molecule has 8 heteroatoms. The summed E-state index contributed by atoms with van der Waals surface area (Å²) in [5.41, 5.74) is 0.931. The Balaban J connectivity index is 2.09. The van der Waals surface area contributed by atoms with Gasteiger partial charge in [0.2, 0.25) is 0 Å². The van der Waals surface area contributed by atoms with Crippen molar-refractivity contribution >= 4 is 27.3 Å². The second-order valence-electron chi connectivity index (χ2n) is 5.60. The third-order valence-corrected chi connectivity index (χ3v) is 6.21. The average molecular weight is 384 g/mol. The molecule has 0 saturated carbocycles. The molecule has 1 heterocycles. The van der Waals surface area contributed by atoms with Crippen molar-refractivity contribution in [2.24, 2.45) is 0 Å². The van der Waals surface area contributed by atoms with Crippen molar-refractivity contribution in [3.05, 3.63) is 47.0 Å². The van der Waals surface area contributed by atoms with Gasteiger partial charge < -0.3 is 14.6 Å². The molecule has 0 aromatic heterocycles. The van der Waals surface area contributed by atoms with E-state index in [2.05, 4.69) is 0 Å². The fraction of sp³-hybridized carbons (Fsp3) is 0.294. The van der Waals surface area contributed by atoms with E-state index in [0.717, 1.165) is 0 Å². The Morgan fingerprint density at radius 2 is 1.84 bits per heavy atom. The van der Waals surface area contributed by atoms with Crippen LogP contribution in [0.15, 0.2) is 41.3 Å². The largest absolute Gasteiger partial charge is 0.493 e. The predicted molar refractivity (Wildman–Crippen MR) is 95.1 cm³/mol. The van der Waals surface area contributed by atoms with Gasteiger partial charge in [-0.05, 0) is 36.8 Å². The molecule has 0 amide bonds. The maximum Gasteiger partial charge on any atom is 0.264 e. The van der Waals surface area contributed by atoms with Crippen molar-refractivity contribution in [2.75, 3.05) is 25.1 Å². The van der Waals surface area contributed by atoms with Gasteiger partial charge in [0, 0.05) is 23.2 Å². The first-order valence-corrected chi connectivity index (χ1v) is 9.42. The highest BCUT2D eigenvalue weighted by molar-refractivity contribution is 7.92. The van der Waals surface area contributed by atoms with Crippen molar-refractivity contribution in [1.29, 1.82) is 0 Å². The molecule has 1 unspecified atom stereocenters. The number of sulfonamides is 1. The molecule has 1 aliphatic rings. The molecule has 0 saturated heterocycles. The van der Waals surface area contributed by atoms with Gasteiger partial charge in [-0.25, -0.2) is 8.42 Å². The monoisotopic (exact) mass is 383 g/mol. The summed E-state index contributed by atoms with van der Waals surface area (Å²) in [7, 11) is -0.894. The maximum atomic E-state index is 13.1. The molecule has 134 valence electrons. The Morgan fingerprint density at radius 1 is 1.12 bits per heavy atom. The van der Waals surface area contributed by atoms with Crippen molar-refractivity contribution in [1.82, 2.24) is 0 Å². The molecule has 6 nitrogen and oxygen atoms in total. The van der Waals surface area contributed by atoms with Gasteiger partial charge in [-0.2, -0.15) is 0 Å². The van der Waals surface area contributed by atoms with Crippen LogP contribution in [-0.4, -0.2) is 34.3 Å². The van der Waals surface area contributed by atoms with E-state index < -0.39 is 16.1 Å². The van der Waals surface area contributed by atoms with Crippen LogP contribution in [0.2, 0.25) is 5.02 Å². The lowest BCUT2D eigenvalue weighted by Crippen LogP contribution is -2.36. The predicted octanol–water partition coefficient (Wildman–Crippen LogP) is 2.99. The van der Waals surface area contributed by atoms with Crippen LogP contribution in [0.25, 0.3) is 0 Å². The highest BCUT2D eigenvalue weighted by Crippen LogP contribution is 2.39. The average Bonchev–Trinajstić information content (AvgIpc) is 2.61. The second-order valence-corrected chi connectivity index (χ2v) is 7.90. The summed E-state index contributed by atoms with van der Waals surface area (Å²) in [5, 5.41) is 10.6. The number of aliphatic hydroxyl groups excluding tert-OH is 1. The van der Waals surface area contributed by atoms with E-state index in [0.29, 0.717) is 34.2 Å². The maximum absolute atomic E-state index is 13.1. The van der Waals surface area contributed by atoms with Crippen molar-refractivity contribution in [3.8, 4) is 11.5 Å². The fourth-order valence-corrected chi connectivity index (χ4v) is 4.59. The van der Waals surface area contributed by atoms with Crippen LogP contribution in [0.1, 0.15) is 18.1 Å². The van der Waals surface area contributed by atoms with Gasteiger partial charge in [-0.15, -0.1) is 0 Å². The minimum Gasteiger partial charge on any atom is -0.493 e. The number of benzene rings is 2. The van der Waals surface area contributed by atoms with Crippen LogP contribution in [0.4, 0.5) is 5.69 Å². The van der Waals surface area contributed by atoms with Gasteiger partial charge in [-0.1, -0.05) is 11.6 Å². The third kappa shape index (κ3) is 3.15. The summed E-state index contributed by atoms with van der Waals surface area (Å²) >= 11 is 5.98. The Labute approximate surface area is 151 Å². The number of anilines is 1. The Kier molecular flexibility index (Phi) is 4.81. The van der Waals surface area contributed by atoms with Crippen molar-refractivity contribution in [2.45, 2.75) is 17.4 Å². The first-order chi connectivity index (χ1) is 11.9. The molecular formula is C17H18ClNO5S. The highest BCUT2D eigenvalue weighted by atomic mass is 35.5. The number of halogens is 1. The number of hydrogen-bond acceptors (Lipinski definition) is 5. The lowest BCUT2D eigenvalue weighted by atomic mass is 10.0. The fourth-order valence-electron chi connectivity index (χ4n) is 2.89. The molecule has 2 aromatic carbocycles. The quantitative estimate of drug-likeness (QED) is 0.878. The summed E-state index contributed by atoms with van der Waals surface area (Å²) in [6.07, 6.45) is -0.453. The van der Waals surface area contributed by atoms with E-state index in [1.807, 2.05) is 0 Å². The molecule has 1 aliphatic heterocycles. The normalized spacial score (nSPS) is 17.1. The van der Waals surface area contributed by atoms with Crippen LogP contribution in [0.5, 0.6) is 11.5 Å². The number of aliphatic hydroxyl groups is 1. The molecule has 0 spiro atoms. The molecule has 0 bridgehead atoms. The number of hydrogen-bond donors (Lipinski definition) is 1. The Bertz CT molecular complexity index is 900. The summed E-state index contributed by atoms with van der Waals surface area (Å²) in [6.45, 7) is 0.173. The van der Waals surface area contributed by atoms with Gasteiger partial charge in [-0.3, -0.25) is 4.31 Å². The third-order valence-electron chi connectivity index (χ3n) is 4.17. The topological polar surface area (TPSA) is 76.1 Å². The van der Waals surface area contributed by atoms with E-state index in [4.69, 9.17) is 21.1 Å². The summed E-state index contributed by atoms with van der Waals surface area (Å²) in [6, 6.07) is 9.26. The zero-order chi connectivity index (χ0) is 18.2. The molecule has 2 aromatic rings. The number of methoxy groups -OCH3 is 2. The lowest BCUT2D eigenvalue weighted by molar-refractivity contribution is 0.166. The molecule has 1 N–H and O–H groups in total. The van der Waals surface area contributed by atoms with E-state index >= 15 is 0 Å². The summed E-state index contributed by atoms with van der Waals surface area (Å²) < 4.78 is 37.9. The first kappa shape index (κ1) is 17.8. The van der Waals surface area contributed by atoms with Gasteiger partial charge in [0.05, 0.1) is 30.9 Å². The molecule has 0 radical (unpaired) electrons. The highest BCUT2D eigenvalue weighted by Gasteiger charge is 2.33. The van der Waals surface area contributed by atoms with Gasteiger partial charge in [0.25, 0.3) is 10.0 Å². The summed E-state index contributed by atoms with van der Waals surface area (Å²) in [5.74, 6) is 0.777. The molecule has 0 fully saturated rings. The smallest absolute Gasteiger partial charge is 0.264 e. The first-order valence-electron chi connectivity index (χ1n) is 7.60. The van der Waals surface area contributed by atoms with Crippen LogP contribution >= 0.6 is 11.6 Å². The molecule has 1 atom stereocenters. The minimum atomic E-state index is -3.83. The van der Waals surface area contributed by atoms with E-state index in [1.165, 1.54) is 30.7 Å². The Hall–Kier alpha value is -1.96. The molecule has 25 heavy (non-hydrogen) atoms. The van der Waals surface area contributed by atoms with Crippen LogP contribution in [0, 0.1) is 0 Å². The standard InChI is InChI=1S/C17H18ClNO5S/c1-23-16-6-4-12(10-17(16)24-2)25(21,22)19-8-7-15(20)13-9-11(18)3-5-14(13)19/h3-6,9-10,15,20H,7-8H2,1-2H3. The zero-order valence-electron chi connectivity index (χ0n) is 13.8. The molecule has 3 rings (SSSR count). The zero-order valence-corrected chi connectivity index (χ0v) is 15.3. The number of ether oxygens (including phenoxy) is 2. The van der Waals surface area contributed by atoms with Crippen molar-refractivity contribution < 1.29 is 23.0 Å². The van der Waals surface area contributed by atoms with Gasteiger partial charge >= 0.3 is 0 Å². The van der Waals surface area contributed by atoms with E-state index in [1.54, 1.807) is 24.3 Å². The minimum absolute atomic E-state index is 0.0856. The number of fused-ring (bicyclic) bond motifs is 1. The van der Waals surface area contributed by atoms with Crippen LogP contribution < -0.4 is 13.8 Å². The lowest BCUT2D eigenvalue weighted by Gasteiger charge is -2.33. The number of rotatable bonds is 4. The van der Waals surface area contributed by atoms with Crippen molar-refractivity contribution in [3.63, 3.8) is 0 Å². The second kappa shape index (κ2) is 6.74. The van der Waals surface area contributed by atoms with Gasteiger partial charge in [0.15, 0.2) is 11.5 Å². The number of nitrogens with zero attached hydrogens (tertiary/aromatic N) is 1. The van der Waals surface area contributed by atoms with E-state index in [9.17, 15) is 13.5 Å².